The van der Waals surface area contributed by atoms with E-state index in [1.54, 1.807) is 0 Å². The molecule has 0 spiro atoms. The fraction of sp³-hybridized carbons (Fsp3) is 0.700. The van der Waals surface area contributed by atoms with Crippen molar-refractivity contribution in [2.24, 2.45) is 5.92 Å². The molecule has 0 radical (unpaired) electrons. The lowest BCUT2D eigenvalue weighted by molar-refractivity contribution is 0.591. The van der Waals surface area contributed by atoms with Crippen molar-refractivity contribution in [1.82, 2.24) is 0 Å². The van der Waals surface area contributed by atoms with Crippen LogP contribution in [0.25, 0.3) is 0 Å². The Hall–Kier alpha value is -1.53. The summed E-state index contributed by atoms with van der Waals surface area (Å²) in [5.74, 6) is -0.448. The zero-order valence-corrected chi connectivity index (χ0v) is 7.66. The maximum atomic E-state index is 8.45. The van der Waals surface area contributed by atoms with Gasteiger partial charge in [-0.25, -0.2) is 0 Å². The van der Waals surface area contributed by atoms with Crippen LogP contribution in [0.4, 0.5) is 0 Å². The van der Waals surface area contributed by atoms with Crippen LogP contribution in [0.3, 0.4) is 0 Å². The van der Waals surface area contributed by atoms with E-state index in [2.05, 4.69) is 6.07 Å². The first kappa shape index (κ1) is 11.5. The van der Waals surface area contributed by atoms with Gasteiger partial charge >= 0.3 is 0 Å². The molecule has 3 nitrogen and oxygen atoms in total. The second kappa shape index (κ2) is 8.57. The summed E-state index contributed by atoms with van der Waals surface area (Å²) >= 11 is 0. The molecule has 0 heterocycles. The van der Waals surface area contributed by atoms with Crippen LogP contribution in [0.2, 0.25) is 0 Å². The molecule has 68 valence electrons. The van der Waals surface area contributed by atoms with Gasteiger partial charge in [-0.3, -0.25) is 0 Å². The maximum absolute atomic E-state index is 8.45. The van der Waals surface area contributed by atoms with Crippen LogP contribution in [0.5, 0.6) is 0 Å². The molecule has 0 aromatic rings. The third-order valence-corrected chi connectivity index (χ3v) is 1.84. The standard InChI is InChI=1S/C10H13N3/c11-7-5-3-1-2-4-6-10(8-12)9-13/h10H,1-6H2. The summed E-state index contributed by atoms with van der Waals surface area (Å²) in [5.41, 5.74) is 0. The molecule has 0 aliphatic heterocycles. The normalized spacial score (nSPS) is 8.77. The van der Waals surface area contributed by atoms with E-state index in [1.165, 1.54) is 0 Å². The molecule has 0 saturated heterocycles. The first-order valence-corrected chi connectivity index (χ1v) is 4.51. The van der Waals surface area contributed by atoms with Crippen LogP contribution >= 0.6 is 0 Å². The van der Waals surface area contributed by atoms with Gasteiger partial charge in [-0.2, -0.15) is 15.8 Å². The topological polar surface area (TPSA) is 71.4 Å². The lowest BCUT2D eigenvalue weighted by Gasteiger charge is -1.98. The third-order valence-electron chi connectivity index (χ3n) is 1.84. The van der Waals surface area contributed by atoms with Crippen LogP contribution in [-0.2, 0) is 0 Å². The van der Waals surface area contributed by atoms with Crippen molar-refractivity contribution in [3.63, 3.8) is 0 Å². The number of hydrogen-bond acceptors (Lipinski definition) is 3. The Balaban J connectivity index is 3.23. The predicted molar refractivity (Wildman–Crippen MR) is 48.0 cm³/mol. The number of nitrogens with zero attached hydrogens (tertiary/aromatic N) is 3. The summed E-state index contributed by atoms with van der Waals surface area (Å²) in [7, 11) is 0. The zero-order valence-electron chi connectivity index (χ0n) is 7.66. The Kier molecular flexibility index (Phi) is 7.56. The number of nitriles is 3. The van der Waals surface area contributed by atoms with Gasteiger partial charge in [0.15, 0.2) is 0 Å². The van der Waals surface area contributed by atoms with Gasteiger partial charge in [0.1, 0.15) is 5.92 Å². The Labute approximate surface area is 79.2 Å². The fourth-order valence-corrected chi connectivity index (χ4v) is 1.06. The molecule has 0 saturated carbocycles. The Morgan fingerprint density at radius 3 is 2.00 bits per heavy atom. The van der Waals surface area contributed by atoms with E-state index >= 15 is 0 Å². The summed E-state index contributed by atoms with van der Waals surface area (Å²) in [5, 5.41) is 25.2. The summed E-state index contributed by atoms with van der Waals surface area (Å²) in [6, 6.07) is 5.97. The predicted octanol–water partition coefficient (Wildman–Crippen LogP) is 2.51. The summed E-state index contributed by atoms with van der Waals surface area (Å²) in [6.45, 7) is 0. The molecule has 0 bridgehead atoms. The van der Waals surface area contributed by atoms with Gasteiger partial charge in [0, 0.05) is 6.42 Å². The highest BCUT2D eigenvalue weighted by Crippen LogP contribution is 2.10. The minimum atomic E-state index is -0.448. The van der Waals surface area contributed by atoms with Crippen LogP contribution in [0.15, 0.2) is 0 Å². The molecule has 13 heavy (non-hydrogen) atoms. The molecule has 0 aliphatic rings. The van der Waals surface area contributed by atoms with Crippen molar-refractivity contribution in [3.8, 4) is 18.2 Å². The molecule has 3 heteroatoms. The monoisotopic (exact) mass is 175 g/mol. The lowest BCUT2D eigenvalue weighted by Crippen LogP contribution is -1.92. The molecule has 0 rings (SSSR count). The van der Waals surface area contributed by atoms with E-state index in [4.69, 9.17) is 15.8 Å². The molecule has 0 aromatic carbocycles. The highest BCUT2D eigenvalue weighted by Gasteiger charge is 2.03. The average Bonchev–Trinajstić information content (AvgIpc) is 2.17. The van der Waals surface area contributed by atoms with Crippen LogP contribution in [0, 0.1) is 39.9 Å². The molecule has 0 aliphatic carbocycles. The molecule has 0 atom stereocenters. The molecular weight excluding hydrogens is 162 g/mol. The number of rotatable bonds is 6. The van der Waals surface area contributed by atoms with E-state index < -0.39 is 5.92 Å². The SMILES string of the molecule is N#CCCCCCCC(C#N)C#N. The molecule has 0 aromatic heterocycles. The summed E-state index contributed by atoms with van der Waals surface area (Å²) < 4.78 is 0. The molecule has 0 unspecified atom stereocenters. The Morgan fingerprint density at radius 2 is 1.46 bits per heavy atom. The summed E-state index contributed by atoms with van der Waals surface area (Å²) in [6.07, 6.45) is 5.16. The van der Waals surface area contributed by atoms with Gasteiger partial charge in [-0.15, -0.1) is 0 Å². The molecule has 0 amide bonds. The Bertz CT molecular complexity index is 224. The minimum Gasteiger partial charge on any atom is -0.198 e. The van der Waals surface area contributed by atoms with Crippen molar-refractivity contribution in [2.45, 2.75) is 38.5 Å². The first-order chi connectivity index (χ1) is 6.35. The highest BCUT2D eigenvalue weighted by atomic mass is 14.3. The van der Waals surface area contributed by atoms with Gasteiger partial charge in [-0.1, -0.05) is 19.3 Å². The van der Waals surface area contributed by atoms with Gasteiger partial charge in [0.05, 0.1) is 18.2 Å². The first-order valence-electron chi connectivity index (χ1n) is 4.51. The van der Waals surface area contributed by atoms with Crippen molar-refractivity contribution in [1.29, 1.82) is 15.8 Å². The van der Waals surface area contributed by atoms with Crippen LogP contribution < -0.4 is 0 Å². The van der Waals surface area contributed by atoms with E-state index in [9.17, 15) is 0 Å². The van der Waals surface area contributed by atoms with E-state index in [1.807, 2.05) is 12.1 Å². The second-order valence-electron chi connectivity index (χ2n) is 2.92. The average molecular weight is 175 g/mol. The smallest absolute Gasteiger partial charge is 0.133 e. The van der Waals surface area contributed by atoms with Gasteiger partial charge in [-0.05, 0) is 12.8 Å². The van der Waals surface area contributed by atoms with Gasteiger partial charge in [0.25, 0.3) is 0 Å². The summed E-state index contributed by atoms with van der Waals surface area (Å²) in [4.78, 5) is 0. The van der Waals surface area contributed by atoms with Gasteiger partial charge < -0.3 is 0 Å². The quantitative estimate of drug-likeness (QED) is 0.582. The third kappa shape index (κ3) is 6.85. The number of hydrogen-bond donors (Lipinski definition) is 0. The zero-order chi connectivity index (χ0) is 9.94. The van der Waals surface area contributed by atoms with Crippen LogP contribution in [-0.4, -0.2) is 0 Å². The fourth-order valence-electron chi connectivity index (χ4n) is 1.06. The van der Waals surface area contributed by atoms with E-state index in [-0.39, 0.29) is 0 Å². The maximum Gasteiger partial charge on any atom is 0.133 e. The van der Waals surface area contributed by atoms with Crippen molar-refractivity contribution in [3.05, 3.63) is 0 Å². The largest absolute Gasteiger partial charge is 0.198 e. The van der Waals surface area contributed by atoms with E-state index in [0.29, 0.717) is 12.8 Å². The van der Waals surface area contributed by atoms with Crippen molar-refractivity contribution in [2.75, 3.05) is 0 Å². The lowest BCUT2D eigenvalue weighted by atomic mass is 10.0. The van der Waals surface area contributed by atoms with Crippen LogP contribution in [0.1, 0.15) is 38.5 Å². The van der Waals surface area contributed by atoms with Crippen molar-refractivity contribution < 1.29 is 0 Å². The molecular formula is C10H13N3. The Morgan fingerprint density at radius 1 is 0.846 bits per heavy atom. The van der Waals surface area contributed by atoms with Gasteiger partial charge in [0.2, 0.25) is 0 Å². The van der Waals surface area contributed by atoms with E-state index in [0.717, 1.165) is 25.7 Å². The molecule has 0 fully saturated rings. The number of unbranched alkanes of at least 4 members (excludes halogenated alkanes) is 4. The molecule has 0 N–H and O–H groups in total. The van der Waals surface area contributed by atoms with Crippen molar-refractivity contribution >= 4 is 0 Å². The highest BCUT2D eigenvalue weighted by molar-refractivity contribution is 4.98. The second-order valence-corrected chi connectivity index (χ2v) is 2.92. The minimum absolute atomic E-state index is 0.448.